The quantitative estimate of drug-likeness (QED) is 0.911. The van der Waals surface area contributed by atoms with Crippen molar-refractivity contribution in [3.05, 3.63) is 40.4 Å². The molecule has 1 aromatic carbocycles. The standard InChI is InChI=1S/C17H23N3O/c1-17(2)9-5-6-12(10-17)18-11-15-19-14-8-4-3-7-13(14)16(21)20-15/h3-4,7-8,12,18H,5-6,9-11H2,1-2H3,(H,19,20,21). The highest BCUT2D eigenvalue weighted by Crippen LogP contribution is 2.35. The molecule has 1 aliphatic carbocycles. The topological polar surface area (TPSA) is 57.8 Å². The van der Waals surface area contributed by atoms with Crippen LogP contribution in [0.15, 0.2) is 29.1 Å². The van der Waals surface area contributed by atoms with Crippen LogP contribution in [0, 0.1) is 5.41 Å². The first-order valence-corrected chi connectivity index (χ1v) is 7.75. The number of fused-ring (bicyclic) bond motifs is 1. The monoisotopic (exact) mass is 285 g/mol. The first-order valence-electron chi connectivity index (χ1n) is 7.75. The van der Waals surface area contributed by atoms with E-state index in [1.54, 1.807) is 0 Å². The van der Waals surface area contributed by atoms with Crippen LogP contribution in [0.2, 0.25) is 0 Å². The van der Waals surface area contributed by atoms with Crippen molar-refractivity contribution < 1.29 is 0 Å². The van der Waals surface area contributed by atoms with Crippen LogP contribution in [0.1, 0.15) is 45.4 Å². The Morgan fingerprint density at radius 2 is 2.19 bits per heavy atom. The van der Waals surface area contributed by atoms with Crippen LogP contribution in [0.3, 0.4) is 0 Å². The van der Waals surface area contributed by atoms with Gasteiger partial charge in [-0.15, -0.1) is 0 Å². The van der Waals surface area contributed by atoms with Crippen molar-refractivity contribution in [1.82, 2.24) is 15.3 Å². The minimum Gasteiger partial charge on any atom is -0.309 e. The smallest absolute Gasteiger partial charge is 0.258 e. The summed E-state index contributed by atoms with van der Waals surface area (Å²) in [6.45, 7) is 5.29. The average Bonchev–Trinajstić information content (AvgIpc) is 2.44. The first kappa shape index (κ1) is 14.3. The van der Waals surface area contributed by atoms with Crippen LogP contribution < -0.4 is 10.9 Å². The second-order valence-corrected chi connectivity index (χ2v) is 6.87. The zero-order chi connectivity index (χ0) is 14.9. The normalized spacial score (nSPS) is 21.5. The van der Waals surface area contributed by atoms with E-state index in [0.29, 0.717) is 23.4 Å². The van der Waals surface area contributed by atoms with Crippen molar-refractivity contribution in [2.24, 2.45) is 5.41 Å². The van der Waals surface area contributed by atoms with Gasteiger partial charge < -0.3 is 10.3 Å². The minimum absolute atomic E-state index is 0.0543. The molecule has 0 spiro atoms. The number of nitrogens with zero attached hydrogens (tertiary/aromatic N) is 1. The van der Waals surface area contributed by atoms with Gasteiger partial charge in [-0.2, -0.15) is 0 Å². The third-order valence-electron chi connectivity index (χ3n) is 4.43. The maximum Gasteiger partial charge on any atom is 0.258 e. The van der Waals surface area contributed by atoms with Crippen molar-refractivity contribution in [2.75, 3.05) is 0 Å². The van der Waals surface area contributed by atoms with Crippen molar-refractivity contribution in [3.63, 3.8) is 0 Å². The lowest BCUT2D eigenvalue weighted by Crippen LogP contribution is -2.37. The van der Waals surface area contributed by atoms with E-state index in [0.717, 1.165) is 11.3 Å². The molecule has 0 aliphatic heterocycles. The maximum absolute atomic E-state index is 12.0. The van der Waals surface area contributed by atoms with Gasteiger partial charge in [0.2, 0.25) is 0 Å². The van der Waals surface area contributed by atoms with Crippen LogP contribution in [-0.4, -0.2) is 16.0 Å². The number of nitrogens with one attached hydrogen (secondary N) is 2. The molecule has 4 heteroatoms. The summed E-state index contributed by atoms with van der Waals surface area (Å²) >= 11 is 0. The van der Waals surface area contributed by atoms with Gasteiger partial charge in [0, 0.05) is 6.04 Å². The zero-order valence-electron chi connectivity index (χ0n) is 12.8. The molecule has 1 saturated carbocycles. The number of para-hydroxylation sites is 1. The van der Waals surface area contributed by atoms with Crippen LogP contribution in [0.4, 0.5) is 0 Å². The Morgan fingerprint density at radius 3 is 3.00 bits per heavy atom. The Kier molecular flexibility index (Phi) is 3.81. The molecule has 1 aliphatic rings. The molecular formula is C17H23N3O. The second-order valence-electron chi connectivity index (χ2n) is 6.87. The molecule has 0 saturated heterocycles. The van der Waals surface area contributed by atoms with Gasteiger partial charge in [0.25, 0.3) is 5.56 Å². The van der Waals surface area contributed by atoms with Gasteiger partial charge in [-0.1, -0.05) is 32.4 Å². The van der Waals surface area contributed by atoms with Crippen molar-refractivity contribution in [1.29, 1.82) is 0 Å². The predicted molar refractivity (Wildman–Crippen MR) is 85.2 cm³/mol. The Bertz CT molecular complexity index is 690. The molecule has 112 valence electrons. The molecule has 3 rings (SSSR count). The van der Waals surface area contributed by atoms with E-state index >= 15 is 0 Å². The van der Waals surface area contributed by atoms with Gasteiger partial charge >= 0.3 is 0 Å². The van der Waals surface area contributed by atoms with Crippen molar-refractivity contribution in [2.45, 2.75) is 52.1 Å². The predicted octanol–water partition coefficient (Wildman–Crippen LogP) is 2.98. The number of hydrogen-bond acceptors (Lipinski definition) is 3. The lowest BCUT2D eigenvalue weighted by atomic mass is 9.75. The second kappa shape index (κ2) is 5.60. The Morgan fingerprint density at radius 1 is 1.38 bits per heavy atom. The molecule has 0 amide bonds. The van der Waals surface area contributed by atoms with Gasteiger partial charge in [-0.25, -0.2) is 4.98 Å². The molecule has 1 unspecified atom stereocenters. The molecule has 21 heavy (non-hydrogen) atoms. The molecule has 2 aromatic rings. The molecule has 1 heterocycles. The molecule has 4 nitrogen and oxygen atoms in total. The van der Waals surface area contributed by atoms with Crippen LogP contribution in [-0.2, 0) is 6.54 Å². The molecule has 1 aromatic heterocycles. The fourth-order valence-electron chi connectivity index (χ4n) is 3.33. The summed E-state index contributed by atoms with van der Waals surface area (Å²) in [6.07, 6.45) is 4.97. The number of benzene rings is 1. The number of H-pyrrole nitrogens is 1. The van der Waals surface area contributed by atoms with E-state index in [1.165, 1.54) is 25.7 Å². The van der Waals surface area contributed by atoms with E-state index < -0.39 is 0 Å². The van der Waals surface area contributed by atoms with Gasteiger partial charge in [-0.05, 0) is 36.8 Å². The zero-order valence-corrected chi connectivity index (χ0v) is 12.8. The van der Waals surface area contributed by atoms with Gasteiger partial charge in [0.05, 0.1) is 17.4 Å². The summed E-state index contributed by atoms with van der Waals surface area (Å²) in [5, 5.41) is 4.21. The maximum atomic E-state index is 12.0. The van der Waals surface area contributed by atoms with Gasteiger partial charge in [-0.3, -0.25) is 4.79 Å². The third kappa shape index (κ3) is 3.32. The van der Waals surface area contributed by atoms with Crippen LogP contribution >= 0.6 is 0 Å². The number of hydrogen-bond donors (Lipinski definition) is 2. The summed E-state index contributed by atoms with van der Waals surface area (Å²) < 4.78 is 0. The molecule has 1 atom stereocenters. The summed E-state index contributed by atoms with van der Waals surface area (Å²) in [6, 6.07) is 7.99. The SMILES string of the molecule is CC1(C)CCCC(NCc2nc3ccccc3c(=O)[nH]2)C1. The Hall–Kier alpha value is -1.68. The molecule has 0 radical (unpaired) electrons. The lowest BCUT2D eigenvalue weighted by molar-refractivity contribution is 0.197. The first-order chi connectivity index (χ1) is 10.0. The van der Waals surface area contributed by atoms with E-state index in [9.17, 15) is 4.79 Å². The van der Waals surface area contributed by atoms with E-state index in [2.05, 4.69) is 29.1 Å². The summed E-state index contributed by atoms with van der Waals surface area (Å²) in [5.41, 5.74) is 1.13. The highest BCUT2D eigenvalue weighted by atomic mass is 16.1. The van der Waals surface area contributed by atoms with E-state index in [-0.39, 0.29) is 5.56 Å². The molecular weight excluding hydrogens is 262 g/mol. The number of aromatic amines is 1. The van der Waals surface area contributed by atoms with Crippen LogP contribution in [0.25, 0.3) is 10.9 Å². The molecule has 1 fully saturated rings. The average molecular weight is 285 g/mol. The van der Waals surface area contributed by atoms with Gasteiger partial charge in [0.1, 0.15) is 5.82 Å². The molecule has 0 bridgehead atoms. The van der Waals surface area contributed by atoms with Crippen LogP contribution in [0.5, 0.6) is 0 Å². The highest BCUT2D eigenvalue weighted by Gasteiger charge is 2.27. The van der Waals surface area contributed by atoms with E-state index in [1.807, 2.05) is 24.3 Å². The third-order valence-corrected chi connectivity index (χ3v) is 4.43. The largest absolute Gasteiger partial charge is 0.309 e. The Balaban J connectivity index is 1.72. The van der Waals surface area contributed by atoms with Crippen molar-refractivity contribution in [3.8, 4) is 0 Å². The fraction of sp³-hybridized carbons (Fsp3) is 0.529. The fourth-order valence-corrected chi connectivity index (χ4v) is 3.33. The summed E-state index contributed by atoms with van der Waals surface area (Å²) in [7, 11) is 0. The van der Waals surface area contributed by atoms with Gasteiger partial charge in [0.15, 0.2) is 0 Å². The Labute approximate surface area is 125 Å². The molecule has 2 N–H and O–H groups in total. The minimum atomic E-state index is -0.0543. The number of rotatable bonds is 3. The number of aromatic nitrogens is 2. The van der Waals surface area contributed by atoms with E-state index in [4.69, 9.17) is 0 Å². The summed E-state index contributed by atoms with van der Waals surface area (Å²) in [4.78, 5) is 19.5. The summed E-state index contributed by atoms with van der Waals surface area (Å²) in [5.74, 6) is 0.724. The van der Waals surface area contributed by atoms with Crippen molar-refractivity contribution >= 4 is 10.9 Å². The highest BCUT2D eigenvalue weighted by molar-refractivity contribution is 5.77. The lowest BCUT2D eigenvalue weighted by Gasteiger charge is -2.35.